The van der Waals surface area contributed by atoms with Crippen LogP contribution in [0.15, 0.2) is 60.7 Å². The van der Waals surface area contributed by atoms with Crippen LogP contribution in [0.2, 0.25) is 0 Å². The van der Waals surface area contributed by atoms with Crippen molar-refractivity contribution in [3.63, 3.8) is 0 Å². The smallest absolute Gasteiger partial charge is 0.404 e. The minimum Gasteiger partial charge on any atom is -0.468 e. The molecule has 0 aliphatic carbocycles. The molecule has 3 atom stereocenters. The summed E-state index contributed by atoms with van der Waals surface area (Å²) in [4.78, 5) is 36.7. The summed E-state index contributed by atoms with van der Waals surface area (Å²) < 4.78 is 50.1. The first kappa shape index (κ1) is 26.8. The molecular formula is C24H27F3N2O5. The van der Waals surface area contributed by atoms with Gasteiger partial charge in [-0.25, -0.2) is 4.79 Å². The molecule has 0 radical (unpaired) electrons. The highest BCUT2D eigenvalue weighted by atomic mass is 19.4. The van der Waals surface area contributed by atoms with E-state index in [1.54, 1.807) is 60.7 Å². The quantitative estimate of drug-likeness (QED) is 0.481. The number of esters is 2. The molecule has 0 saturated heterocycles. The summed E-state index contributed by atoms with van der Waals surface area (Å²) in [7, 11) is 1.05. The third kappa shape index (κ3) is 8.86. The van der Waals surface area contributed by atoms with Crippen molar-refractivity contribution in [1.29, 1.82) is 0 Å². The van der Waals surface area contributed by atoms with E-state index < -0.39 is 48.6 Å². The second-order valence-corrected chi connectivity index (χ2v) is 7.61. The lowest BCUT2D eigenvalue weighted by atomic mass is 10.1. The molecule has 0 aliphatic rings. The van der Waals surface area contributed by atoms with E-state index in [9.17, 15) is 27.6 Å². The number of methoxy groups -OCH3 is 1. The van der Waals surface area contributed by atoms with E-state index in [0.29, 0.717) is 5.56 Å². The number of hydrogen-bond acceptors (Lipinski definition) is 6. The summed E-state index contributed by atoms with van der Waals surface area (Å²) in [6.07, 6.45) is -5.83. The van der Waals surface area contributed by atoms with Gasteiger partial charge in [-0.05, 0) is 18.1 Å². The largest absolute Gasteiger partial charge is 0.468 e. The van der Waals surface area contributed by atoms with Gasteiger partial charge in [0, 0.05) is 6.42 Å². The molecule has 2 rings (SSSR count). The zero-order chi connectivity index (χ0) is 25.1. The molecular weight excluding hydrogens is 453 g/mol. The molecule has 0 fully saturated rings. The van der Waals surface area contributed by atoms with Crippen molar-refractivity contribution in [2.24, 2.45) is 0 Å². The number of carbonyl (C=O) groups excluding carboxylic acids is 3. The van der Waals surface area contributed by atoms with E-state index in [4.69, 9.17) is 4.74 Å². The SMILES string of the molecule is COC(=O)[C@H](C)N[C@H](CC(=O)N[C@@H](Cc1ccccc1)C(=O)OCc1ccccc1)C(F)(F)F. The van der Waals surface area contributed by atoms with Crippen LogP contribution in [0, 0.1) is 0 Å². The Kier molecular flexibility index (Phi) is 10.1. The molecule has 0 aliphatic heterocycles. The van der Waals surface area contributed by atoms with Gasteiger partial charge < -0.3 is 14.8 Å². The van der Waals surface area contributed by atoms with E-state index in [2.05, 4.69) is 15.4 Å². The summed E-state index contributed by atoms with van der Waals surface area (Å²) in [6, 6.07) is 12.7. The Morgan fingerprint density at radius 2 is 1.47 bits per heavy atom. The van der Waals surface area contributed by atoms with Crippen molar-refractivity contribution in [3.8, 4) is 0 Å². The van der Waals surface area contributed by atoms with Crippen LogP contribution < -0.4 is 10.6 Å². The maximum atomic E-state index is 13.5. The second kappa shape index (κ2) is 12.7. The summed E-state index contributed by atoms with van der Waals surface area (Å²) in [5.74, 6) is -2.70. The maximum Gasteiger partial charge on any atom is 0.404 e. The molecule has 184 valence electrons. The average Bonchev–Trinajstić information content (AvgIpc) is 2.81. The van der Waals surface area contributed by atoms with Crippen molar-refractivity contribution in [1.82, 2.24) is 10.6 Å². The number of carbonyl (C=O) groups is 3. The van der Waals surface area contributed by atoms with Gasteiger partial charge in [0.15, 0.2) is 0 Å². The van der Waals surface area contributed by atoms with Gasteiger partial charge in [0.1, 0.15) is 24.7 Å². The molecule has 34 heavy (non-hydrogen) atoms. The predicted molar refractivity (Wildman–Crippen MR) is 117 cm³/mol. The van der Waals surface area contributed by atoms with Gasteiger partial charge in [0.05, 0.1) is 13.5 Å². The first-order valence-corrected chi connectivity index (χ1v) is 10.5. The Labute approximate surface area is 195 Å². The Bertz CT molecular complexity index is 939. The van der Waals surface area contributed by atoms with Crippen LogP contribution in [-0.4, -0.2) is 49.3 Å². The van der Waals surface area contributed by atoms with E-state index in [-0.39, 0.29) is 13.0 Å². The number of alkyl halides is 3. The molecule has 0 unspecified atom stereocenters. The van der Waals surface area contributed by atoms with Gasteiger partial charge in [-0.15, -0.1) is 0 Å². The summed E-state index contributed by atoms with van der Waals surface area (Å²) >= 11 is 0. The van der Waals surface area contributed by atoms with Crippen molar-refractivity contribution in [2.75, 3.05) is 7.11 Å². The number of ether oxygens (including phenoxy) is 2. The number of amides is 1. The Morgan fingerprint density at radius 3 is 2.00 bits per heavy atom. The fourth-order valence-electron chi connectivity index (χ4n) is 3.13. The van der Waals surface area contributed by atoms with Gasteiger partial charge in [-0.1, -0.05) is 60.7 Å². The molecule has 0 bridgehead atoms. The monoisotopic (exact) mass is 480 g/mol. The fraction of sp³-hybridized carbons (Fsp3) is 0.375. The lowest BCUT2D eigenvalue weighted by Crippen LogP contribution is -2.53. The van der Waals surface area contributed by atoms with Gasteiger partial charge in [-0.2, -0.15) is 13.2 Å². The van der Waals surface area contributed by atoms with Gasteiger partial charge in [-0.3, -0.25) is 14.9 Å². The van der Waals surface area contributed by atoms with Crippen molar-refractivity contribution < 1.29 is 37.0 Å². The highest BCUT2D eigenvalue weighted by Gasteiger charge is 2.42. The highest BCUT2D eigenvalue weighted by molar-refractivity contribution is 5.85. The molecule has 7 nitrogen and oxygen atoms in total. The Morgan fingerprint density at radius 1 is 0.912 bits per heavy atom. The lowest BCUT2D eigenvalue weighted by Gasteiger charge is -2.25. The molecule has 0 spiro atoms. The van der Waals surface area contributed by atoms with E-state index in [1.807, 2.05) is 0 Å². The van der Waals surface area contributed by atoms with Crippen LogP contribution >= 0.6 is 0 Å². The Hall–Kier alpha value is -3.40. The van der Waals surface area contributed by atoms with Crippen molar-refractivity contribution in [3.05, 3.63) is 71.8 Å². The number of benzene rings is 2. The van der Waals surface area contributed by atoms with Crippen LogP contribution in [0.5, 0.6) is 0 Å². The van der Waals surface area contributed by atoms with E-state index >= 15 is 0 Å². The first-order valence-electron chi connectivity index (χ1n) is 10.5. The van der Waals surface area contributed by atoms with Crippen LogP contribution in [0.25, 0.3) is 0 Å². The van der Waals surface area contributed by atoms with Gasteiger partial charge in [0.2, 0.25) is 5.91 Å². The van der Waals surface area contributed by atoms with Crippen molar-refractivity contribution in [2.45, 2.75) is 50.7 Å². The third-order valence-corrected chi connectivity index (χ3v) is 4.92. The number of hydrogen-bond donors (Lipinski definition) is 2. The molecule has 0 saturated carbocycles. The molecule has 2 aromatic rings. The van der Waals surface area contributed by atoms with Gasteiger partial charge >= 0.3 is 18.1 Å². The van der Waals surface area contributed by atoms with E-state index in [1.165, 1.54) is 6.92 Å². The molecule has 1 amide bonds. The number of rotatable bonds is 11. The highest BCUT2D eigenvalue weighted by Crippen LogP contribution is 2.23. The molecule has 2 aromatic carbocycles. The minimum absolute atomic E-state index is 0.0306. The zero-order valence-electron chi connectivity index (χ0n) is 18.8. The third-order valence-electron chi connectivity index (χ3n) is 4.92. The molecule has 2 N–H and O–H groups in total. The van der Waals surface area contributed by atoms with E-state index in [0.717, 1.165) is 12.7 Å². The lowest BCUT2D eigenvalue weighted by molar-refractivity contribution is -0.166. The average molecular weight is 480 g/mol. The minimum atomic E-state index is -4.82. The zero-order valence-corrected chi connectivity index (χ0v) is 18.8. The summed E-state index contributed by atoms with van der Waals surface area (Å²) in [5.41, 5.74) is 1.41. The summed E-state index contributed by atoms with van der Waals surface area (Å²) in [5, 5.41) is 4.41. The molecule has 10 heteroatoms. The molecule has 0 heterocycles. The fourth-order valence-corrected chi connectivity index (χ4v) is 3.13. The topological polar surface area (TPSA) is 93.7 Å². The van der Waals surface area contributed by atoms with Crippen LogP contribution in [-0.2, 0) is 36.9 Å². The Balaban J connectivity index is 2.10. The maximum absolute atomic E-state index is 13.5. The standard InChI is InChI=1S/C24H27F3N2O5/c1-16(22(31)33-2)28-20(24(25,26)27)14-21(30)29-19(13-17-9-5-3-6-10-17)23(32)34-15-18-11-7-4-8-12-18/h3-12,16,19-20,28H,13-15H2,1-2H3,(H,29,30)/t16-,19-,20+/m0/s1. The second-order valence-electron chi connectivity index (χ2n) is 7.61. The summed E-state index contributed by atoms with van der Waals surface area (Å²) in [6.45, 7) is 1.14. The van der Waals surface area contributed by atoms with Crippen molar-refractivity contribution >= 4 is 17.8 Å². The van der Waals surface area contributed by atoms with Crippen LogP contribution in [0.1, 0.15) is 24.5 Å². The predicted octanol–water partition coefficient (Wildman–Crippen LogP) is 2.93. The van der Waals surface area contributed by atoms with Crippen LogP contribution in [0.4, 0.5) is 13.2 Å². The normalized spacial score (nSPS) is 13.9. The molecule has 0 aromatic heterocycles. The first-order chi connectivity index (χ1) is 16.1. The van der Waals surface area contributed by atoms with Crippen LogP contribution in [0.3, 0.4) is 0 Å². The number of nitrogens with one attached hydrogen (secondary N) is 2. The van der Waals surface area contributed by atoms with Gasteiger partial charge in [0.25, 0.3) is 0 Å². The number of halogens is 3.